The fourth-order valence-corrected chi connectivity index (χ4v) is 1.54. The minimum absolute atomic E-state index is 0.143. The molecule has 0 unspecified atom stereocenters. The van der Waals surface area contributed by atoms with E-state index in [0.717, 1.165) is 23.1 Å². The van der Waals surface area contributed by atoms with Gasteiger partial charge in [0.2, 0.25) is 0 Å². The van der Waals surface area contributed by atoms with Crippen molar-refractivity contribution < 1.29 is 4.79 Å². The molecule has 1 radical (unpaired) electrons. The fourth-order valence-electron chi connectivity index (χ4n) is 1.54. The number of benzene rings is 1. The molecule has 0 aromatic heterocycles. The van der Waals surface area contributed by atoms with Gasteiger partial charge in [-0.05, 0) is 30.5 Å². The number of fused-ring (bicyclic) bond motifs is 1. The van der Waals surface area contributed by atoms with Gasteiger partial charge in [-0.1, -0.05) is 24.3 Å². The van der Waals surface area contributed by atoms with Gasteiger partial charge in [-0.2, -0.15) is 0 Å². The normalized spacial score (nSPS) is 13.1. The van der Waals surface area contributed by atoms with Gasteiger partial charge in [-0.3, -0.25) is 4.79 Å². The maximum Gasteiger partial charge on any atom is 0.160 e. The largest absolute Gasteiger partial charge is 0.295 e. The highest BCUT2D eigenvalue weighted by molar-refractivity contribution is 5.97. The third-order valence-electron chi connectivity index (χ3n) is 2.12. The quantitative estimate of drug-likeness (QED) is 0.571. The lowest BCUT2D eigenvalue weighted by Gasteiger charge is -2.03. The highest BCUT2D eigenvalue weighted by atomic mass is 16.1. The van der Waals surface area contributed by atoms with Crippen molar-refractivity contribution >= 4 is 11.9 Å². The molecule has 59 valence electrons. The summed E-state index contributed by atoms with van der Waals surface area (Å²) in [6.07, 6.45) is 4.96. The van der Waals surface area contributed by atoms with Gasteiger partial charge in [0.05, 0.1) is 0 Å². The maximum atomic E-state index is 11.2. The monoisotopic (exact) mass is 157 g/mol. The molecule has 1 heteroatoms. The Labute approximate surface area is 71.7 Å². The molecule has 0 aliphatic heterocycles. The summed E-state index contributed by atoms with van der Waals surface area (Å²) in [5, 5.41) is 0. The van der Waals surface area contributed by atoms with Crippen molar-refractivity contribution in [3.05, 3.63) is 41.0 Å². The molecule has 0 saturated heterocycles. The molecule has 0 bridgehead atoms. The van der Waals surface area contributed by atoms with Crippen LogP contribution in [0.5, 0.6) is 0 Å². The summed E-state index contributed by atoms with van der Waals surface area (Å²) >= 11 is 0. The average Bonchev–Trinajstić information content (AvgIpc) is 2.49. The lowest BCUT2D eigenvalue weighted by Crippen LogP contribution is -1.98. The molecule has 1 aromatic rings. The van der Waals surface area contributed by atoms with E-state index >= 15 is 0 Å². The third-order valence-corrected chi connectivity index (χ3v) is 2.12. The number of rotatable bonds is 1. The molecule has 0 spiro atoms. The van der Waals surface area contributed by atoms with Crippen LogP contribution in [0.15, 0.2) is 18.2 Å². The average molecular weight is 157 g/mol. The van der Waals surface area contributed by atoms with Crippen molar-refractivity contribution in [3.8, 4) is 0 Å². The molecule has 0 fully saturated rings. The second kappa shape index (κ2) is 2.59. The molecule has 2 rings (SSSR count). The Morgan fingerprint density at radius 1 is 1.58 bits per heavy atom. The number of carbonyl (C=O) groups is 1. The highest BCUT2D eigenvalue weighted by Crippen LogP contribution is 2.22. The molecular weight excluding hydrogens is 148 g/mol. The lowest BCUT2D eigenvalue weighted by molar-refractivity contribution is 0.101. The Hall–Kier alpha value is -1.37. The molecule has 1 aliphatic rings. The van der Waals surface area contributed by atoms with Gasteiger partial charge in [0.25, 0.3) is 0 Å². The summed E-state index contributed by atoms with van der Waals surface area (Å²) in [5.74, 6) is 0.143. The Morgan fingerprint density at radius 2 is 2.42 bits per heavy atom. The van der Waals surface area contributed by atoms with Crippen molar-refractivity contribution in [2.45, 2.75) is 13.3 Å². The SMILES string of the molecule is CC(=O)c1cc[c]c2c1CC=C2. The summed E-state index contributed by atoms with van der Waals surface area (Å²) in [6, 6.07) is 6.76. The molecule has 0 saturated carbocycles. The van der Waals surface area contributed by atoms with Crippen LogP contribution in [0.1, 0.15) is 28.4 Å². The minimum atomic E-state index is 0.143. The third kappa shape index (κ3) is 0.981. The van der Waals surface area contributed by atoms with Gasteiger partial charge in [0.1, 0.15) is 0 Å². The standard InChI is InChI=1S/C11H9O/c1-8(12)10-6-2-4-9-5-3-7-11(9)10/h2-3,5-6H,7H2,1H3. The summed E-state index contributed by atoms with van der Waals surface area (Å²) in [7, 11) is 0. The first-order valence-corrected chi connectivity index (χ1v) is 4.00. The van der Waals surface area contributed by atoms with E-state index in [1.54, 1.807) is 6.92 Å². The van der Waals surface area contributed by atoms with Crippen LogP contribution in [-0.4, -0.2) is 5.78 Å². The summed E-state index contributed by atoms with van der Waals surface area (Å²) in [5.41, 5.74) is 3.04. The van der Waals surface area contributed by atoms with E-state index < -0.39 is 0 Å². The van der Waals surface area contributed by atoms with Gasteiger partial charge in [0, 0.05) is 5.56 Å². The number of allylic oxidation sites excluding steroid dienone is 1. The van der Waals surface area contributed by atoms with Gasteiger partial charge in [-0.15, -0.1) is 0 Å². The van der Waals surface area contributed by atoms with Crippen molar-refractivity contribution in [1.82, 2.24) is 0 Å². The van der Waals surface area contributed by atoms with Gasteiger partial charge in [0.15, 0.2) is 5.78 Å². The Bertz CT molecular complexity index is 361. The molecular formula is C11H9O. The van der Waals surface area contributed by atoms with Crippen LogP contribution >= 0.6 is 0 Å². The number of carbonyl (C=O) groups excluding carboxylic acids is 1. The second-order valence-corrected chi connectivity index (χ2v) is 2.95. The van der Waals surface area contributed by atoms with E-state index in [0.29, 0.717) is 0 Å². The molecule has 1 nitrogen and oxygen atoms in total. The van der Waals surface area contributed by atoms with Gasteiger partial charge in [-0.25, -0.2) is 0 Å². The van der Waals surface area contributed by atoms with Crippen LogP contribution in [-0.2, 0) is 6.42 Å². The zero-order chi connectivity index (χ0) is 8.55. The molecule has 0 heterocycles. The lowest BCUT2D eigenvalue weighted by atomic mass is 10.0. The van der Waals surface area contributed by atoms with E-state index in [1.807, 2.05) is 18.2 Å². The van der Waals surface area contributed by atoms with E-state index in [1.165, 1.54) is 0 Å². The molecule has 1 aromatic carbocycles. The number of hydrogen-bond acceptors (Lipinski definition) is 1. The Morgan fingerprint density at radius 3 is 3.17 bits per heavy atom. The van der Waals surface area contributed by atoms with Crippen LogP contribution in [0.4, 0.5) is 0 Å². The zero-order valence-corrected chi connectivity index (χ0v) is 6.92. The van der Waals surface area contributed by atoms with Crippen molar-refractivity contribution in [1.29, 1.82) is 0 Å². The molecule has 0 N–H and O–H groups in total. The highest BCUT2D eigenvalue weighted by Gasteiger charge is 2.12. The maximum absolute atomic E-state index is 11.2. The summed E-state index contributed by atoms with van der Waals surface area (Å²) < 4.78 is 0. The topological polar surface area (TPSA) is 17.1 Å². The molecule has 0 amide bonds. The number of hydrogen-bond donors (Lipinski definition) is 0. The van der Waals surface area contributed by atoms with Crippen LogP contribution < -0.4 is 0 Å². The summed E-state index contributed by atoms with van der Waals surface area (Å²) in [6.45, 7) is 1.61. The predicted molar refractivity (Wildman–Crippen MR) is 48.0 cm³/mol. The fraction of sp³-hybridized carbons (Fsp3) is 0.182. The van der Waals surface area contributed by atoms with E-state index in [-0.39, 0.29) is 5.78 Å². The number of Topliss-reactive ketones (excluding diaryl/α,β-unsaturated/α-hetero) is 1. The van der Waals surface area contributed by atoms with Crippen LogP contribution in [0, 0.1) is 6.07 Å². The first-order chi connectivity index (χ1) is 5.79. The molecule has 0 atom stereocenters. The Kier molecular flexibility index (Phi) is 1.58. The smallest absolute Gasteiger partial charge is 0.160 e. The number of ketones is 1. The van der Waals surface area contributed by atoms with E-state index in [2.05, 4.69) is 12.1 Å². The first kappa shape index (κ1) is 7.29. The van der Waals surface area contributed by atoms with Crippen molar-refractivity contribution in [2.24, 2.45) is 0 Å². The van der Waals surface area contributed by atoms with Crippen molar-refractivity contribution in [3.63, 3.8) is 0 Å². The van der Waals surface area contributed by atoms with E-state index in [4.69, 9.17) is 0 Å². The first-order valence-electron chi connectivity index (χ1n) is 4.00. The Balaban J connectivity index is 2.60. The van der Waals surface area contributed by atoms with Gasteiger partial charge >= 0.3 is 0 Å². The van der Waals surface area contributed by atoms with Crippen LogP contribution in [0.25, 0.3) is 6.08 Å². The second-order valence-electron chi connectivity index (χ2n) is 2.95. The van der Waals surface area contributed by atoms with E-state index in [9.17, 15) is 4.79 Å². The molecule has 1 aliphatic carbocycles. The van der Waals surface area contributed by atoms with Crippen LogP contribution in [0.2, 0.25) is 0 Å². The minimum Gasteiger partial charge on any atom is -0.295 e. The molecule has 12 heavy (non-hydrogen) atoms. The predicted octanol–water partition coefficient (Wildman–Crippen LogP) is 2.26. The summed E-state index contributed by atoms with van der Waals surface area (Å²) in [4.78, 5) is 11.2. The van der Waals surface area contributed by atoms with Crippen LogP contribution in [0.3, 0.4) is 0 Å². The van der Waals surface area contributed by atoms with Gasteiger partial charge < -0.3 is 0 Å². The van der Waals surface area contributed by atoms with Crippen molar-refractivity contribution in [2.75, 3.05) is 0 Å². The zero-order valence-electron chi connectivity index (χ0n) is 6.92.